The third-order valence-electron chi connectivity index (χ3n) is 4.53. The number of carbonyl (C=O) groups excluding carboxylic acids is 2. The van der Waals surface area contributed by atoms with Crippen LogP contribution in [0.3, 0.4) is 0 Å². The Kier molecular flexibility index (Phi) is 5.49. The van der Waals surface area contributed by atoms with Crippen LogP contribution in [0.1, 0.15) is 32.8 Å². The lowest BCUT2D eigenvalue weighted by atomic mass is 10.0. The first-order valence-electron chi connectivity index (χ1n) is 9.13. The summed E-state index contributed by atoms with van der Waals surface area (Å²) in [6, 6.07) is 10.7. The third kappa shape index (κ3) is 4.03. The van der Waals surface area contributed by atoms with Gasteiger partial charge in [0.2, 0.25) is 0 Å². The van der Waals surface area contributed by atoms with E-state index in [0.717, 1.165) is 10.5 Å². The largest absolute Gasteiger partial charge is 0.472 e. The summed E-state index contributed by atoms with van der Waals surface area (Å²) < 4.78 is 11.1. The number of hydrogen-bond donors (Lipinski definition) is 0. The van der Waals surface area contributed by atoms with E-state index < -0.39 is 34.3 Å². The van der Waals surface area contributed by atoms with Gasteiger partial charge >= 0.3 is 11.8 Å². The fraction of sp³-hybridized carbons (Fsp3) is 0.350. The van der Waals surface area contributed by atoms with Crippen molar-refractivity contribution in [2.24, 2.45) is 0 Å². The van der Waals surface area contributed by atoms with E-state index in [2.05, 4.69) is 4.98 Å². The Morgan fingerprint density at radius 1 is 1.28 bits per heavy atom. The van der Waals surface area contributed by atoms with E-state index in [9.17, 15) is 19.7 Å². The Morgan fingerprint density at radius 3 is 2.59 bits per heavy atom. The second kappa shape index (κ2) is 7.86. The average molecular weight is 399 g/mol. The zero-order valence-electron chi connectivity index (χ0n) is 16.3. The van der Waals surface area contributed by atoms with Crippen molar-refractivity contribution in [2.75, 3.05) is 4.90 Å². The standard InChI is InChI=1S/C20H21N3O6/c1-4-14(18(24)28-12-13-8-6-5-7-9-13)22-17-15(29-20(2,3)19(22)25)10-11-16(21-17)23(26)27/h5-11,14H,4,12H2,1-3H3. The van der Waals surface area contributed by atoms with Gasteiger partial charge in [0.15, 0.2) is 11.4 Å². The Bertz CT molecular complexity index is 944. The highest BCUT2D eigenvalue weighted by Gasteiger charge is 2.48. The fourth-order valence-corrected chi connectivity index (χ4v) is 3.05. The number of fused-ring (bicyclic) bond motifs is 1. The molecule has 1 aliphatic heterocycles. The predicted molar refractivity (Wildman–Crippen MR) is 103 cm³/mol. The van der Waals surface area contributed by atoms with Crippen molar-refractivity contribution in [2.45, 2.75) is 45.4 Å². The summed E-state index contributed by atoms with van der Waals surface area (Å²) in [6.07, 6.45) is 0.235. The van der Waals surface area contributed by atoms with E-state index in [-0.39, 0.29) is 24.6 Å². The molecule has 0 spiro atoms. The fourth-order valence-electron chi connectivity index (χ4n) is 3.05. The zero-order chi connectivity index (χ0) is 21.2. The Balaban J connectivity index is 1.94. The number of aromatic nitrogens is 1. The van der Waals surface area contributed by atoms with Crippen LogP contribution in [0.15, 0.2) is 42.5 Å². The van der Waals surface area contributed by atoms with Gasteiger partial charge in [0.25, 0.3) is 11.7 Å². The topological polar surface area (TPSA) is 112 Å². The summed E-state index contributed by atoms with van der Waals surface area (Å²) >= 11 is 0. The van der Waals surface area contributed by atoms with E-state index in [1.807, 2.05) is 30.3 Å². The molecule has 1 unspecified atom stereocenters. The first-order chi connectivity index (χ1) is 13.7. The molecule has 0 aliphatic carbocycles. The van der Waals surface area contributed by atoms with E-state index in [4.69, 9.17) is 9.47 Å². The molecule has 0 N–H and O–H groups in total. The molecule has 2 aromatic rings. The number of amides is 1. The summed E-state index contributed by atoms with van der Waals surface area (Å²) in [5.74, 6) is -1.47. The van der Waals surface area contributed by atoms with Crippen molar-refractivity contribution in [3.63, 3.8) is 0 Å². The van der Waals surface area contributed by atoms with Crippen LogP contribution in [0.25, 0.3) is 0 Å². The number of ether oxygens (including phenoxy) is 2. The minimum atomic E-state index is -1.27. The monoisotopic (exact) mass is 399 g/mol. The molecule has 0 saturated carbocycles. The van der Waals surface area contributed by atoms with Crippen LogP contribution in [0.5, 0.6) is 5.75 Å². The number of nitro groups is 1. The van der Waals surface area contributed by atoms with Gasteiger partial charge in [-0.2, -0.15) is 0 Å². The smallest absolute Gasteiger partial charge is 0.366 e. The van der Waals surface area contributed by atoms with Gasteiger partial charge < -0.3 is 19.6 Å². The summed E-state index contributed by atoms with van der Waals surface area (Å²) in [5, 5.41) is 11.1. The van der Waals surface area contributed by atoms with Gasteiger partial charge in [0.05, 0.1) is 0 Å². The molecule has 152 valence electrons. The van der Waals surface area contributed by atoms with E-state index in [0.29, 0.717) is 0 Å². The van der Waals surface area contributed by atoms with Crippen LogP contribution in [-0.2, 0) is 20.9 Å². The van der Waals surface area contributed by atoms with Crippen LogP contribution in [-0.4, -0.2) is 33.4 Å². The van der Waals surface area contributed by atoms with Gasteiger partial charge in [0, 0.05) is 6.07 Å². The average Bonchev–Trinajstić information content (AvgIpc) is 2.70. The molecule has 1 amide bonds. The lowest BCUT2D eigenvalue weighted by Gasteiger charge is -2.38. The van der Waals surface area contributed by atoms with Gasteiger partial charge in [-0.05, 0) is 41.8 Å². The Morgan fingerprint density at radius 2 is 1.97 bits per heavy atom. The number of pyridine rings is 1. The zero-order valence-corrected chi connectivity index (χ0v) is 16.3. The van der Waals surface area contributed by atoms with Gasteiger partial charge in [0.1, 0.15) is 12.6 Å². The van der Waals surface area contributed by atoms with E-state index >= 15 is 0 Å². The maximum atomic E-state index is 13.1. The molecule has 29 heavy (non-hydrogen) atoms. The van der Waals surface area contributed by atoms with Crippen molar-refractivity contribution in [1.29, 1.82) is 0 Å². The Labute approximate surface area is 167 Å². The van der Waals surface area contributed by atoms with Crippen molar-refractivity contribution in [1.82, 2.24) is 4.98 Å². The lowest BCUT2D eigenvalue weighted by molar-refractivity contribution is -0.389. The number of anilines is 1. The SMILES string of the molecule is CCC(C(=O)OCc1ccccc1)N1C(=O)C(C)(C)Oc2ccc([N+](=O)[O-])nc21. The predicted octanol–water partition coefficient (Wildman–Crippen LogP) is 3.02. The minimum Gasteiger partial charge on any atom is -0.472 e. The molecule has 3 rings (SSSR count). The van der Waals surface area contributed by atoms with Gasteiger partial charge in [-0.25, -0.2) is 4.79 Å². The highest BCUT2D eigenvalue weighted by atomic mass is 16.6. The summed E-state index contributed by atoms with van der Waals surface area (Å²) in [6.45, 7) is 4.90. The van der Waals surface area contributed by atoms with Gasteiger partial charge in [-0.1, -0.05) is 37.3 Å². The van der Waals surface area contributed by atoms with Crippen molar-refractivity contribution >= 4 is 23.5 Å². The number of esters is 1. The van der Waals surface area contributed by atoms with Crippen LogP contribution in [0, 0.1) is 10.1 Å². The minimum absolute atomic E-state index is 0.0489. The molecule has 0 saturated heterocycles. The summed E-state index contributed by atoms with van der Waals surface area (Å²) in [7, 11) is 0. The number of nitrogens with zero attached hydrogens (tertiary/aromatic N) is 3. The van der Waals surface area contributed by atoms with Crippen molar-refractivity contribution < 1.29 is 24.0 Å². The van der Waals surface area contributed by atoms with Crippen LogP contribution in [0.4, 0.5) is 11.6 Å². The molecule has 0 radical (unpaired) electrons. The maximum absolute atomic E-state index is 13.1. The summed E-state index contributed by atoms with van der Waals surface area (Å²) in [5.41, 5.74) is -0.462. The maximum Gasteiger partial charge on any atom is 0.366 e. The lowest BCUT2D eigenvalue weighted by Crippen LogP contribution is -2.58. The molecule has 0 bridgehead atoms. The van der Waals surface area contributed by atoms with Crippen LogP contribution >= 0.6 is 0 Å². The molecule has 9 heteroatoms. The molecule has 2 heterocycles. The Hall–Kier alpha value is -3.49. The van der Waals surface area contributed by atoms with Gasteiger partial charge in [-0.15, -0.1) is 0 Å². The second-order valence-electron chi connectivity index (χ2n) is 7.05. The highest BCUT2D eigenvalue weighted by molar-refractivity contribution is 6.05. The normalized spacial score (nSPS) is 15.8. The first kappa shape index (κ1) is 20.2. The van der Waals surface area contributed by atoms with E-state index in [1.54, 1.807) is 20.8 Å². The number of carbonyl (C=O) groups is 2. The number of rotatable bonds is 6. The molecular formula is C20H21N3O6. The third-order valence-corrected chi connectivity index (χ3v) is 4.53. The number of benzene rings is 1. The molecule has 0 fully saturated rings. The van der Waals surface area contributed by atoms with Crippen molar-refractivity contribution in [3.8, 4) is 5.75 Å². The second-order valence-corrected chi connectivity index (χ2v) is 7.05. The number of hydrogen-bond acceptors (Lipinski definition) is 7. The molecule has 9 nitrogen and oxygen atoms in total. The quantitative estimate of drug-likeness (QED) is 0.417. The summed E-state index contributed by atoms with van der Waals surface area (Å²) in [4.78, 5) is 41.4. The highest BCUT2D eigenvalue weighted by Crippen LogP contribution is 2.39. The molecular weight excluding hydrogens is 378 g/mol. The van der Waals surface area contributed by atoms with Crippen LogP contribution < -0.4 is 9.64 Å². The molecule has 1 aromatic heterocycles. The van der Waals surface area contributed by atoms with Crippen molar-refractivity contribution in [3.05, 3.63) is 58.1 Å². The molecule has 1 aliphatic rings. The van der Waals surface area contributed by atoms with Gasteiger partial charge in [-0.3, -0.25) is 9.69 Å². The molecule has 1 atom stereocenters. The van der Waals surface area contributed by atoms with Crippen LogP contribution in [0.2, 0.25) is 0 Å². The van der Waals surface area contributed by atoms with E-state index in [1.165, 1.54) is 12.1 Å². The first-order valence-corrected chi connectivity index (χ1v) is 9.13. The molecule has 1 aromatic carbocycles.